The number of rotatable bonds is 3. The molecule has 1 aromatic carbocycles. The third kappa shape index (κ3) is 3.82. The molecule has 0 radical (unpaired) electrons. The van der Waals surface area contributed by atoms with Gasteiger partial charge in [0.1, 0.15) is 0 Å². The van der Waals surface area contributed by atoms with Crippen molar-refractivity contribution < 1.29 is 9.59 Å². The number of hydrogen-bond donors (Lipinski definition) is 1. The van der Waals surface area contributed by atoms with Crippen LogP contribution in [-0.4, -0.2) is 53.1 Å². The van der Waals surface area contributed by atoms with Gasteiger partial charge in [0.15, 0.2) is 11.5 Å². The molecule has 1 aliphatic heterocycles. The molecule has 2 heterocycles. The average molecular weight is 353 g/mol. The number of benzene rings is 1. The standard InChI is InChI=1S/C19H23N5O2/c1-13-5-4-6-16(14(13)2)20-19(26)17-7-8-18(22-21-17)24-11-9-23(10-12-24)15(3)25/h4-8H,9-12H2,1-3H3,(H,20,26). The van der Waals surface area contributed by atoms with E-state index < -0.39 is 0 Å². The van der Waals surface area contributed by atoms with Gasteiger partial charge in [0.25, 0.3) is 5.91 Å². The molecule has 1 aliphatic rings. The minimum absolute atomic E-state index is 0.0918. The topological polar surface area (TPSA) is 78.4 Å². The van der Waals surface area contributed by atoms with Crippen molar-refractivity contribution in [2.45, 2.75) is 20.8 Å². The van der Waals surface area contributed by atoms with E-state index in [9.17, 15) is 9.59 Å². The fraction of sp³-hybridized carbons (Fsp3) is 0.368. The molecule has 2 amide bonds. The van der Waals surface area contributed by atoms with Crippen molar-refractivity contribution in [3.05, 3.63) is 47.2 Å². The second-order valence-electron chi connectivity index (χ2n) is 6.47. The third-order valence-electron chi connectivity index (χ3n) is 4.78. The van der Waals surface area contributed by atoms with Gasteiger partial charge in [-0.25, -0.2) is 0 Å². The maximum absolute atomic E-state index is 12.4. The van der Waals surface area contributed by atoms with Crippen LogP contribution in [0.4, 0.5) is 11.5 Å². The molecule has 0 atom stereocenters. The molecule has 0 spiro atoms. The van der Waals surface area contributed by atoms with Gasteiger partial charge < -0.3 is 15.1 Å². The van der Waals surface area contributed by atoms with Crippen LogP contribution in [0.5, 0.6) is 0 Å². The Morgan fingerprint density at radius 3 is 2.35 bits per heavy atom. The fourth-order valence-corrected chi connectivity index (χ4v) is 2.94. The Morgan fingerprint density at radius 2 is 1.73 bits per heavy atom. The number of hydrogen-bond acceptors (Lipinski definition) is 5. The number of carbonyl (C=O) groups is 2. The SMILES string of the molecule is CC(=O)N1CCN(c2ccc(C(=O)Nc3cccc(C)c3C)nn2)CC1. The number of carbonyl (C=O) groups excluding carboxylic acids is 2. The van der Waals surface area contributed by atoms with E-state index in [4.69, 9.17) is 0 Å². The summed E-state index contributed by atoms with van der Waals surface area (Å²) >= 11 is 0. The van der Waals surface area contributed by atoms with Crippen molar-refractivity contribution in [1.82, 2.24) is 15.1 Å². The molecular formula is C19H23N5O2. The quantitative estimate of drug-likeness (QED) is 0.913. The van der Waals surface area contributed by atoms with Gasteiger partial charge in [-0.3, -0.25) is 9.59 Å². The number of aromatic nitrogens is 2. The minimum atomic E-state index is -0.279. The molecule has 2 aromatic rings. The molecule has 1 saturated heterocycles. The predicted octanol–water partition coefficient (Wildman–Crippen LogP) is 2.01. The van der Waals surface area contributed by atoms with E-state index >= 15 is 0 Å². The van der Waals surface area contributed by atoms with Gasteiger partial charge in [-0.2, -0.15) is 0 Å². The van der Waals surface area contributed by atoms with Crippen LogP contribution in [0, 0.1) is 13.8 Å². The van der Waals surface area contributed by atoms with Crippen molar-refractivity contribution in [3.8, 4) is 0 Å². The predicted molar refractivity (Wildman–Crippen MR) is 100 cm³/mol. The van der Waals surface area contributed by atoms with Gasteiger partial charge in [0, 0.05) is 38.8 Å². The second kappa shape index (κ2) is 7.51. The Morgan fingerprint density at radius 1 is 1.00 bits per heavy atom. The molecule has 1 N–H and O–H groups in total. The van der Waals surface area contributed by atoms with Crippen LogP contribution in [0.15, 0.2) is 30.3 Å². The molecule has 7 nitrogen and oxygen atoms in total. The lowest BCUT2D eigenvalue weighted by molar-refractivity contribution is -0.129. The molecule has 3 rings (SSSR count). The van der Waals surface area contributed by atoms with Crippen molar-refractivity contribution in [1.29, 1.82) is 0 Å². The van der Waals surface area contributed by atoms with Crippen LogP contribution >= 0.6 is 0 Å². The highest BCUT2D eigenvalue weighted by atomic mass is 16.2. The summed E-state index contributed by atoms with van der Waals surface area (Å²) in [6, 6.07) is 9.27. The maximum Gasteiger partial charge on any atom is 0.276 e. The lowest BCUT2D eigenvalue weighted by Crippen LogP contribution is -2.48. The first-order valence-corrected chi connectivity index (χ1v) is 8.67. The zero-order valence-electron chi connectivity index (χ0n) is 15.3. The van der Waals surface area contributed by atoms with Crippen LogP contribution in [0.25, 0.3) is 0 Å². The van der Waals surface area contributed by atoms with Crippen LogP contribution in [-0.2, 0) is 4.79 Å². The maximum atomic E-state index is 12.4. The van der Waals surface area contributed by atoms with Gasteiger partial charge >= 0.3 is 0 Å². The Bertz CT molecular complexity index is 811. The summed E-state index contributed by atoms with van der Waals surface area (Å²) in [7, 11) is 0. The van der Waals surface area contributed by atoms with Crippen molar-refractivity contribution in [3.63, 3.8) is 0 Å². The Labute approximate surface area is 153 Å². The largest absolute Gasteiger partial charge is 0.352 e. The molecule has 1 aromatic heterocycles. The summed E-state index contributed by atoms with van der Waals surface area (Å²) in [6.07, 6.45) is 0. The van der Waals surface area contributed by atoms with Crippen LogP contribution in [0.1, 0.15) is 28.5 Å². The van der Waals surface area contributed by atoms with Crippen molar-refractivity contribution in [2.24, 2.45) is 0 Å². The average Bonchev–Trinajstić information content (AvgIpc) is 2.65. The highest BCUT2D eigenvalue weighted by Crippen LogP contribution is 2.19. The number of amides is 2. The van der Waals surface area contributed by atoms with Gasteiger partial charge in [0.2, 0.25) is 5.91 Å². The number of piperazine rings is 1. The normalized spacial score (nSPS) is 14.3. The van der Waals surface area contributed by atoms with Crippen LogP contribution in [0.2, 0.25) is 0 Å². The Balaban J connectivity index is 1.65. The van der Waals surface area contributed by atoms with E-state index in [2.05, 4.69) is 20.4 Å². The fourth-order valence-electron chi connectivity index (χ4n) is 2.94. The van der Waals surface area contributed by atoms with Crippen LogP contribution in [0.3, 0.4) is 0 Å². The Kier molecular flexibility index (Phi) is 5.16. The zero-order chi connectivity index (χ0) is 18.7. The van der Waals surface area contributed by atoms with Crippen molar-refractivity contribution in [2.75, 3.05) is 36.4 Å². The number of anilines is 2. The van der Waals surface area contributed by atoms with Gasteiger partial charge in [-0.15, -0.1) is 10.2 Å². The summed E-state index contributed by atoms with van der Waals surface area (Å²) in [4.78, 5) is 27.7. The van der Waals surface area contributed by atoms with E-state index in [-0.39, 0.29) is 17.5 Å². The van der Waals surface area contributed by atoms with E-state index in [0.29, 0.717) is 26.2 Å². The molecule has 26 heavy (non-hydrogen) atoms. The molecule has 0 unspecified atom stereocenters. The molecule has 1 fully saturated rings. The summed E-state index contributed by atoms with van der Waals surface area (Å²) in [5, 5.41) is 11.1. The van der Waals surface area contributed by atoms with E-state index in [0.717, 1.165) is 22.6 Å². The molecule has 0 bridgehead atoms. The first kappa shape index (κ1) is 17.8. The summed E-state index contributed by atoms with van der Waals surface area (Å²) < 4.78 is 0. The zero-order valence-corrected chi connectivity index (χ0v) is 15.3. The molecule has 0 aliphatic carbocycles. The molecular weight excluding hydrogens is 330 g/mol. The molecule has 0 saturated carbocycles. The molecule has 136 valence electrons. The highest BCUT2D eigenvalue weighted by Gasteiger charge is 2.20. The van der Waals surface area contributed by atoms with Crippen LogP contribution < -0.4 is 10.2 Å². The molecule has 7 heteroatoms. The van der Waals surface area contributed by atoms with E-state index in [1.54, 1.807) is 19.1 Å². The summed E-state index contributed by atoms with van der Waals surface area (Å²) in [5.74, 6) is 0.532. The first-order chi connectivity index (χ1) is 12.5. The van der Waals surface area contributed by atoms with Gasteiger partial charge in [0.05, 0.1) is 0 Å². The summed E-state index contributed by atoms with van der Waals surface area (Å²) in [6.45, 7) is 8.33. The lowest BCUT2D eigenvalue weighted by Gasteiger charge is -2.34. The third-order valence-corrected chi connectivity index (χ3v) is 4.78. The highest BCUT2D eigenvalue weighted by molar-refractivity contribution is 6.03. The Hall–Kier alpha value is -2.96. The number of aryl methyl sites for hydroxylation is 1. The van der Waals surface area contributed by atoms with E-state index in [1.807, 2.05) is 36.9 Å². The smallest absolute Gasteiger partial charge is 0.276 e. The number of nitrogens with one attached hydrogen (secondary N) is 1. The number of nitrogens with zero attached hydrogens (tertiary/aromatic N) is 4. The van der Waals surface area contributed by atoms with Gasteiger partial charge in [-0.1, -0.05) is 12.1 Å². The first-order valence-electron chi connectivity index (χ1n) is 8.67. The van der Waals surface area contributed by atoms with E-state index in [1.165, 1.54) is 0 Å². The lowest BCUT2D eigenvalue weighted by atomic mass is 10.1. The van der Waals surface area contributed by atoms with Gasteiger partial charge in [-0.05, 0) is 43.2 Å². The second-order valence-corrected chi connectivity index (χ2v) is 6.47. The minimum Gasteiger partial charge on any atom is -0.352 e. The monoisotopic (exact) mass is 353 g/mol. The summed E-state index contributed by atoms with van der Waals surface area (Å²) in [5.41, 5.74) is 3.21. The van der Waals surface area contributed by atoms with Crippen molar-refractivity contribution >= 4 is 23.3 Å².